The van der Waals surface area contributed by atoms with Gasteiger partial charge in [0.2, 0.25) is 5.91 Å². The van der Waals surface area contributed by atoms with Gasteiger partial charge in [-0.1, -0.05) is 42.5 Å². The van der Waals surface area contributed by atoms with Crippen molar-refractivity contribution in [2.75, 3.05) is 13.1 Å². The Bertz CT molecular complexity index is 1920. The van der Waals surface area contributed by atoms with Crippen molar-refractivity contribution in [2.45, 2.75) is 26.3 Å². The molecular weight excluding hydrogens is 591 g/mol. The molecule has 2 N–H and O–H groups in total. The molecule has 1 fully saturated rings. The Balaban J connectivity index is 0.00000250. The Kier molecular flexibility index (Phi) is 10.4. The van der Waals surface area contributed by atoms with Gasteiger partial charge in [-0.25, -0.2) is 9.78 Å². The molecule has 228 valence electrons. The molecule has 0 unspecified atom stereocenters. The number of nitrogens with zero attached hydrogens (tertiary/aromatic N) is 6. The van der Waals surface area contributed by atoms with E-state index in [1.54, 1.807) is 30.6 Å². The van der Waals surface area contributed by atoms with Gasteiger partial charge in [-0.05, 0) is 78.8 Å². The first-order chi connectivity index (χ1) is 21.9. The van der Waals surface area contributed by atoms with Gasteiger partial charge >= 0.3 is 35.5 Å². The number of aromatic hydroxyl groups is 1. The molecule has 1 amide bonds. The minimum atomic E-state index is -1.25. The number of hydrogen-bond donors (Lipinski definition) is 2. The fraction of sp³-hybridized carbons (Fsp3) is 0.200. The van der Waals surface area contributed by atoms with Crippen LogP contribution in [-0.4, -0.2) is 54.6 Å². The van der Waals surface area contributed by atoms with Crippen molar-refractivity contribution < 1.29 is 50.8 Å². The number of benzene rings is 3. The molecule has 0 saturated carbocycles. The first kappa shape index (κ1) is 32.7. The summed E-state index contributed by atoms with van der Waals surface area (Å²) in [5.41, 5.74) is 5.22. The first-order valence-electron chi connectivity index (χ1n) is 14.8. The first-order valence-corrected chi connectivity index (χ1v) is 14.8. The third-order valence-electron chi connectivity index (χ3n) is 8.13. The van der Waals surface area contributed by atoms with Gasteiger partial charge in [0.15, 0.2) is 0 Å². The second-order valence-corrected chi connectivity index (χ2v) is 11.1. The molecule has 11 heteroatoms. The second-order valence-electron chi connectivity index (χ2n) is 11.1. The van der Waals surface area contributed by atoms with Crippen LogP contribution >= 0.6 is 0 Å². The van der Waals surface area contributed by atoms with Gasteiger partial charge in [-0.2, -0.15) is 10.2 Å². The van der Waals surface area contributed by atoms with Crippen LogP contribution in [-0.2, 0) is 11.3 Å². The monoisotopic (exact) mass is 624 g/mol. The summed E-state index contributed by atoms with van der Waals surface area (Å²) in [5, 5.41) is 27.3. The predicted octanol–water partition coefficient (Wildman–Crippen LogP) is 4.05. The van der Waals surface area contributed by atoms with Gasteiger partial charge in [0.25, 0.3) is 0 Å². The van der Waals surface area contributed by atoms with Crippen LogP contribution in [0.1, 0.15) is 41.6 Å². The molecular formula is C35H33N6NaO4. The number of aromatic carboxylic acids is 1. The summed E-state index contributed by atoms with van der Waals surface area (Å²) in [5.74, 6) is -0.166. The van der Waals surface area contributed by atoms with E-state index in [4.69, 9.17) is 0 Å². The number of aryl methyl sites for hydroxylation is 1. The number of likely N-dealkylation sites (tertiary alicyclic amines) is 1. The van der Waals surface area contributed by atoms with Gasteiger partial charge in [0.1, 0.15) is 22.7 Å². The molecule has 3 heterocycles. The zero-order valence-electron chi connectivity index (χ0n) is 26.7. The largest absolute Gasteiger partial charge is 1.00 e. The molecule has 1 aliphatic rings. The molecule has 0 radical (unpaired) electrons. The second kappa shape index (κ2) is 14.6. The van der Waals surface area contributed by atoms with Gasteiger partial charge < -0.3 is 21.1 Å². The summed E-state index contributed by atoms with van der Waals surface area (Å²) in [6.07, 6.45) is 7.14. The minimum Gasteiger partial charge on any atom is -1.00 e. The normalized spacial score (nSPS) is 14.0. The Labute approximate surface area is 289 Å². The van der Waals surface area contributed by atoms with E-state index in [2.05, 4.69) is 24.8 Å². The number of azo groups is 1. The summed E-state index contributed by atoms with van der Waals surface area (Å²) in [6.45, 7) is 4.28. The van der Waals surface area contributed by atoms with Crippen molar-refractivity contribution in [2.24, 2.45) is 16.1 Å². The van der Waals surface area contributed by atoms with Crippen LogP contribution in [0.15, 0.2) is 108 Å². The molecule has 5 aromatic rings. The molecule has 0 aliphatic carbocycles. The van der Waals surface area contributed by atoms with Crippen LogP contribution in [0.2, 0.25) is 0 Å². The molecule has 0 bridgehead atoms. The van der Waals surface area contributed by atoms with E-state index < -0.39 is 5.97 Å². The van der Waals surface area contributed by atoms with Crippen molar-refractivity contribution in [3.8, 4) is 5.75 Å². The molecule has 46 heavy (non-hydrogen) atoms. The number of carboxylic acid groups (broad SMARTS) is 1. The number of carboxylic acids is 1. The van der Waals surface area contributed by atoms with Gasteiger partial charge in [0.05, 0.1) is 23.1 Å². The molecule has 0 spiro atoms. The number of rotatable bonds is 8. The van der Waals surface area contributed by atoms with Crippen molar-refractivity contribution in [3.05, 3.63) is 120 Å². The number of hydrogen-bond acceptors (Lipinski definition) is 7. The van der Waals surface area contributed by atoms with E-state index in [9.17, 15) is 19.8 Å². The van der Waals surface area contributed by atoms with Gasteiger partial charge in [-0.15, -0.1) is 0 Å². The Hall–Kier alpha value is -4.64. The summed E-state index contributed by atoms with van der Waals surface area (Å²) in [7, 11) is 0. The van der Waals surface area contributed by atoms with E-state index in [0.29, 0.717) is 30.4 Å². The number of carbonyl (C=O) groups excluding carboxylic acids is 1. The van der Waals surface area contributed by atoms with Crippen LogP contribution in [0.3, 0.4) is 0 Å². The molecule has 3 aromatic carbocycles. The number of aromatic nitrogens is 3. The molecule has 10 nitrogen and oxygen atoms in total. The van der Waals surface area contributed by atoms with Crippen LogP contribution in [0.25, 0.3) is 16.6 Å². The van der Waals surface area contributed by atoms with E-state index in [1.165, 1.54) is 18.2 Å². The quantitative estimate of drug-likeness (QED) is 0.152. The SMILES string of the molecule is Cc1nc2cnccc2n1CC1CCN(C(=O)C=C(c2ccccc2)c2ccc(N=Nc3ccc(O)c(C(=O)O)c3)cc2)CC1.[H-].[Na+]. The average Bonchev–Trinajstić information content (AvgIpc) is 3.38. The number of piperidine rings is 1. The maximum absolute atomic E-state index is 13.6. The average molecular weight is 625 g/mol. The predicted molar refractivity (Wildman–Crippen MR) is 172 cm³/mol. The van der Waals surface area contributed by atoms with Crippen molar-refractivity contribution >= 4 is 39.9 Å². The number of carbonyl (C=O) groups is 2. The van der Waals surface area contributed by atoms with E-state index >= 15 is 0 Å². The molecule has 1 aliphatic heterocycles. The third kappa shape index (κ3) is 7.42. The molecule has 1 saturated heterocycles. The van der Waals surface area contributed by atoms with Crippen LogP contribution in [0.4, 0.5) is 11.4 Å². The fourth-order valence-corrected chi connectivity index (χ4v) is 5.67. The smallest absolute Gasteiger partial charge is 1.00 e. The molecule has 2 aromatic heterocycles. The van der Waals surface area contributed by atoms with Crippen LogP contribution < -0.4 is 29.6 Å². The zero-order chi connectivity index (χ0) is 31.3. The van der Waals surface area contributed by atoms with Crippen molar-refractivity contribution in [1.29, 1.82) is 0 Å². The summed E-state index contributed by atoms with van der Waals surface area (Å²) < 4.78 is 2.26. The van der Waals surface area contributed by atoms with Crippen molar-refractivity contribution in [3.63, 3.8) is 0 Å². The van der Waals surface area contributed by atoms with Gasteiger partial charge in [-0.3, -0.25) is 9.78 Å². The Morgan fingerprint density at radius 1 is 0.957 bits per heavy atom. The maximum atomic E-state index is 13.6. The van der Waals surface area contributed by atoms with E-state index in [0.717, 1.165) is 52.9 Å². The van der Waals surface area contributed by atoms with Crippen molar-refractivity contribution in [1.82, 2.24) is 19.4 Å². The topological polar surface area (TPSA) is 133 Å². The Morgan fingerprint density at radius 3 is 2.35 bits per heavy atom. The maximum Gasteiger partial charge on any atom is 1.00 e. The zero-order valence-corrected chi connectivity index (χ0v) is 27.7. The van der Waals surface area contributed by atoms with Gasteiger partial charge in [0, 0.05) is 31.9 Å². The number of fused-ring (bicyclic) bond motifs is 1. The standard InChI is InChI=1S/C35H32N6O4.Na.H/c1-23-37-31-21-36-16-13-32(31)41(23)22-24-14-17-40(18-15-24)34(43)20-29(25-5-3-2-4-6-25)26-7-9-27(10-8-26)38-39-28-11-12-33(42)30(19-28)35(44)45;;/h2-13,16,19-21,24,42H,14-15,17-18,22H2,1H3,(H,44,45);;/q;+1;-1. The number of pyridine rings is 1. The van der Waals surface area contributed by atoms with Crippen LogP contribution in [0.5, 0.6) is 5.75 Å². The number of imidazole rings is 1. The van der Waals surface area contributed by atoms with E-state index in [-0.39, 0.29) is 48.2 Å². The van der Waals surface area contributed by atoms with E-state index in [1.807, 2.05) is 60.4 Å². The molecule has 6 rings (SSSR count). The van der Waals surface area contributed by atoms with Crippen LogP contribution in [0, 0.1) is 12.8 Å². The molecule has 0 atom stereocenters. The minimum absolute atomic E-state index is 0. The Morgan fingerprint density at radius 2 is 1.63 bits per heavy atom. The third-order valence-corrected chi connectivity index (χ3v) is 8.13. The fourth-order valence-electron chi connectivity index (χ4n) is 5.67. The number of amides is 1. The summed E-state index contributed by atoms with van der Waals surface area (Å²) in [4.78, 5) is 35.6. The summed E-state index contributed by atoms with van der Waals surface area (Å²) >= 11 is 0. The summed E-state index contributed by atoms with van der Waals surface area (Å²) in [6, 6.07) is 23.2. The number of phenols is 1.